The lowest BCUT2D eigenvalue weighted by molar-refractivity contribution is -0.149. The van der Waals surface area contributed by atoms with E-state index >= 15 is 0 Å². The summed E-state index contributed by atoms with van der Waals surface area (Å²) in [5.41, 5.74) is 0. The van der Waals surface area contributed by atoms with Crippen molar-refractivity contribution in [2.75, 3.05) is 0 Å². The van der Waals surface area contributed by atoms with Gasteiger partial charge in [-0.2, -0.15) is 0 Å². The highest BCUT2D eigenvalue weighted by molar-refractivity contribution is 6.76. The Bertz CT molecular complexity index is 255. The lowest BCUT2D eigenvalue weighted by Gasteiger charge is -2.54. The van der Waals surface area contributed by atoms with Crippen molar-refractivity contribution >= 4 is 14.1 Å². The molecule has 1 heterocycles. The van der Waals surface area contributed by atoms with Gasteiger partial charge in [0.2, 0.25) is 5.91 Å². The first-order valence-corrected chi connectivity index (χ1v) is 9.24. The lowest BCUT2D eigenvalue weighted by Crippen LogP contribution is -2.69. The number of β-lactam (4-membered cyclic amide) rings is 1. The highest BCUT2D eigenvalue weighted by Crippen LogP contribution is 2.48. The average molecular weight is 211 g/mol. The van der Waals surface area contributed by atoms with Gasteiger partial charge in [-0.1, -0.05) is 26.6 Å². The number of nitrogens with zero attached hydrogens (tertiary/aromatic N) is 1. The number of carbonyl (C=O) groups excluding carboxylic acids is 1. The van der Waals surface area contributed by atoms with E-state index < -0.39 is 8.24 Å². The van der Waals surface area contributed by atoms with Gasteiger partial charge in [-0.05, 0) is 25.2 Å². The number of amides is 1. The first kappa shape index (κ1) is 10.2. The number of rotatable bonds is 3. The SMILES string of the molecule is CCC1C(C2CC2)C(=O)N1[Si](C)(C)C. The molecule has 0 N–H and O–H groups in total. The molecule has 2 aliphatic rings. The number of hydrogen-bond acceptors (Lipinski definition) is 1. The van der Waals surface area contributed by atoms with Crippen molar-refractivity contribution in [1.82, 2.24) is 4.57 Å². The van der Waals surface area contributed by atoms with Gasteiger partial charge in [-0.15, -0.1) is 0 Å². The van der Waals surface area contributed by atoms with Gasteiger partial charge in [0, 0.05) is 6.04 Å². The van der Waals surface area contributed by atoms with Crippen LogP contribution in [0.15, 0.2) is 0 Å². The van der Waals surface area contributed by atoms with Crippen molar-refractivity contribution in [2.45, 2.75) is 51.9 Å². The summed E-state index contributed by atoms with van der Waals surface area (Å²) in [6.07, 6.45) is 3.75. The first-order valence-electron chi connectivity index (χ1n) is 5.80. The van der Waals surface area contributed by atoms with Crippen LogP contribution < -0.4 is 0 Å². The van der Waals surface area contributed by atoms with Crippen molar-refractivity contribution < 1.29 is 4.79 Å². The van der Waals surface area contributed by atoms with E-state index in [0.717, 1.165) is 12.3 Å². The van der Waals surface area contributed by atoms with Crippen LogP contribution in [0.25, 0.3) is 0 Å². The molecule has 0 radical (unpaired) electrons. The maximum Gasteiger partial charge on any atom is 0.220 e. The predicted octanol–water partition coefficient (Wildman–Crippen LogP) is 2.47. The zero-order chi connectivity index (χ0) is 10.5. The van der Waals surface area contributed by atoms with E-state index in [-0.39, 0.29) is 0 Å². The Hall–Kier alpha value is -0.313. The molecule has 2 nitrogen and oxygen atoms in total. The highest BCUT2D eigenvalue weighted by Gasteiger charge is 2.55. The molecule has 80 valence electrons. The fraction of sp³-hybridized carbons (Fsp3) is 0.909. The van der Waals surface area contributed by atoms with Gasteiger partial charge in [0.25, 0.3) is 0 Å². The van der Waals surface area contributed by atoms with Crippen LogP contribution in [0, 0.1) is 11.8 Å². The van der Waals surface area contributed by atoms with Crippen LogP contribution in [0.5, 0.6) is 0 Å². The normalized spacial score (nSPS) is 33.1. The molecular weight excluding hydrogens is 190 g/mol. The largest absolute Gasteiger partial charge is 0.366 e. The molecule has 3 heteroatoms. The highest BCUT2D eigenvalue weighted by atomic mass is 28.3. The van der Waals surface area contributed by atoms with E-state index in [1.54, 1.807) is 0 Å². The van der Waals surface area contributed by atoms with Crippen molar-refractivity contribution in [3.05, 3.63) is 0 Å². The van der Waals surface area contributed by atoms with E-state index in [1.165, 1.54) is 12.8 Å². The molecule has 1 aliphatic heterocycles. The van der Waals surface area contributed by atoms with E-state index in [1.807, 2.05) is 0 Å². The van der Waals surface area contributed by atoms with Crippen LogP contribution >= 0.6 is 0 Å². The van der Waals surface area contributed by atoms with Crippen LogP contribution in [0.1, 0.15) is 26.2 Å². The summed E-state index contributed by atoms with van der Waals surface area (Å²) in [7, 11) is -1.40. The van der Waals surface area contributed by atoms with Crippen LogP contribution in [0.2, 0.25) is 19.6 Å². The quantitative estimate of drug-likeness (QED) is 0.519. The molecule has 1 saturated carbocycles. The Morgan fingerprint density at radius 2 is 1.93 bits per heavy atom. The maximum absolute atomic E-state index is 12.0. The zero-order valence-corrected chi connectivity index (χ0v) is 10.7. The molecule has 0 spiro atoms. The molecule has 1 amide bonds. The Morgan fingerprint density at radius 1 is 1.36 bits per heavy atom. The summed E-state index contributed by atoms with van der Waals surface area (Å²) < 4.78 is 2.23. The fourth-order valence-electron chi connectivity index (χ4n) is 2.80. The summed E-state index contributed by atoms with van der Waals surface area (Å²) in [5, 5.41) is 0. The van der Waals surface area contributed by atoms with Gasteiger partial charge in [-0.25, -0.2) is 0 Å². The Labute approximate surface area is 87.8 Å². The molecule has 0 bridgehead atoms. The van der Waals surface area contributed by atoms with Crippen LogP contribution in [0.3, 0.4) is 0 Å². The third-order valence-corrected chi connectivity index (χ3v) is 5.54. The van der Waals surface area contributed by atoms with E-state index in [2.05, 4.69) is 31.1 Å². The summed E-state index contributed by atoms with van der Waals surface area (Å²) >= 11 is 0. The van der Waals surface area contributed by atoms with Crippen molar-refractivity contribution in [3.8, 4) is 0 Å². The fourth-order valence-corrected chi connectivity index (χ4v) is 4.95. The van der Waals surface area contributed by atoms with Crippen LogP contribution in [0.4, 0.5) is 0 Å². The zero-order valence-electron chi connectivity index (χ0n) is 9.71. The van der Waals surface area contributed by atoms with Gasteiger partial charge in [-0.3, -0.25) is 4.79 Å². The lowest BCUT2D eigenvalue weighted by atomic mass is 9.84. The summed E-state index contributed by atoms with van der Waals surface area (Å²) in [5.74, 6) is 1.63. The van der Waals surface area contributed by atoms with Crippen molar-refractivity contribution in [1.29, 1.82) is 0 Å². The Kier molecular flexibility index (Phi) is 2.25. The smallest absolute Gasteiger partial charge is 0.220 e. The molecular formula is C11H21NOSi. The molecule has 1 aliphatic carbocycles. The minimum absolute atomic E-state index is 0.409. The molecule has 0 aromatic carbocycles. The minimum atomic E-state index is -1.40. The van der Waals surface area contributed by atoms with Gasteiger partial charge < -0.3 is 4.57 Å². The topological polar surface area (TPSA) is 20.3 Å². The molecule has 0 aromatic heterocycles. The van der Waals surface area contributed by atoms with Crippen LogP contribution in [-0.2, 0) is 4.79 Å². The second-order valence-electron chi connectivity index (χ2n) is 5.72. The third kappa shape index (κ3) is 1.42. The van der Waals surface area contributed by atoms with E-state index in [9.17, 15) is 4.79 Å². The summed E-state index contributed by atoms with van der Waals surface area (Å²) in [6.45, 7) is 9.05. The maximum atomic E-state index is 12.0. The molecule has 1 saturated heterocycles. The summed E-state index contributed by atoms with van der Waals surface area (Å²) in [6, 6.07) is 0.585. The first-order chi connectivity index (χ1) is 6.46. The minimum Gasteiger partial charge on any atom is -0.366 e. The van der Waals surface area contributed by atoms with E-state index in [4.69, 9.17) is 0 Å². The number of carbonyl (C=O) groups is 1. The third-order valence-electron chi connectivity index (χ3n) is 3.54. The molecule has 2 fully saturated rings. The monoisotopic (exact) mass is 211 g/mol. The Morgan fingerprint density at radius 3 is 2.29 bits per heavy atom. The van der Waals surface area contributed by atoms with Crippen molar-refractivity contribution in [3.63, 3.8) is 0 Å². The second-order valence-corrected chi connectivity index (χ2v) is 10.5. The average Bonchev–Trinajstić information content (AvgIpc) is 2.80. The predicted molar refractivity (Wildman–Crippen MR) is 60.5 cm³/mol. The molecule has 2 unspecified atom stereocenters. The second kappa shape index (κ2) is 3.09. The van der Waals surface area contributed by atoms with Crippen LogP contribution in [-0.4, -0.2) is 24.7 Å². The summed E-state index contributed by atoms with van der Waals surface area (Å²) in [4.78, 5) is 12.0. The van der Waals surface area contributed by atoms with Gasteiger partial charge in [0.1, 0.15) is 0 Å². The van der Waals surface area contributed by atoms with Crippen molar-refractivity contribution in [2.24, 2.45) is 11.8 Å². The number of hydrogen-bond donors (Lipinski definition) is 0. The Balaban J connectivity index is 2.10. The van der Waals surface area contributed by atoms with Gasteiger partial charge in [0.15, 0.2) is 8.24 Å². The van der Waals surface area contributed by atoms with E-state index in [0.29, 0.717) is 17.9 Å². The standard InChI is InChI=1S/C11H21NOSi/c1-5-9-10(8-6-7-8)11(13)12(9)14(2,3)4/h8-10H,5-7H2,1-4H3. The molecule has 2 atom stereocenters. The molecule has 2 rings (SSSR count). The van der Waals surface area contributed by atoms with Gasteiger partial charge >= 0.3 is 0 Å². The molecule has 14 heavy (non-hydrogen) atoms. The molecule has 0 aromatic rings. The van der Waals surface area contributed by atoms with Gasteiger partial charge in [0.05, 0.1) is 5.92 Å².